The van der Waals surface area contributed by atoms with Crippen LogP contribution in [0.2, 0.25) is 5.02 Å². The number of nitrogens with zero attached hydrogens (tertiary/aromatic N) is 2. The molecule has 0 radical (unpaired) electrons. The van der Waals surface area contributed by atoms with Gasteiger partial charge >= 0.3 is 0 Å². The number of benzene rings is 3. The fourth-order valence-corrected chi connectivity index (χ4v) is 6.03. The summed E-state index contributed by atoms with van der Waals surface area (Å²) in [6, 6.07) is 19.1. The highest BCUT2D eigenvalue weighted by atomic mass is 35.5. The zero-order valence-electron chi connectivity index (χ0n) is 24.1. The highest BCUT2D eigenvalue weighted by Crippen LogP contribution is 2.35. The lowest BCUT2D eigenvalue weighted by molar-refractivity contribution is -0.140. The standard InChI is InChI=1S/C31H38ClN3O5S/c1-6-23(4)33-31(37)27(7-2)34(20-24-14-12-11-13-22(24)3)30(36)21-35(28-19-25(32)17-18-29(28)40-5)41(38,39)26-15-9-8-10-16-26/h8-19,23,27H,6-7,20-21H2,1-5H3,(H,33,37). The van der Waals surface area contributed by atoms with E-state index in [-0.39, 0.29) is 39.8 Å². The largest absolute Gasteiger partial charge is 0.495 e. The number of ether oxygens (including phenoxy) is 1. The van der Waals surface area contributed by atoms with E-state index in [1.807, 2.05) is 52.0 Å². The van der Waals surface area contributed by atoms with Gasteiger partial charge in [0.05, 0.1) is 17.7 Å². The molecule has 0 aliphatic heterocycles. The third-order valence-corrected chi connectivity index (χ3v) is 9.02. The number of hydrogen-bond donors (Lipinski definition) is 1. The number of carbonyl (C=O) groups excluding carboxylic acids is 2. The summed E-state index contributed by atoms with van der Waals surface area (Å²) in [6.07, 6.45) is 1.07. The molecule has 0 spiro atoms. The number of anilines is 1. The van der Waals surface area contributed by atoms with Gasteiger partial charge in [-0.25, -0.2) is 8.42 Å². The van der Waals surface area contributed by atoms with Gasteiger partial charge in [-0.3, -0.25) is 13.9 Å². The summed E-state index contributed by atoms with van der Waals surface area (Å²) < 4.78 is 34.5. The predicted octanol–water partition coefficient (Wildman–Crippen LogP) is 5.57. The van der Waals surface area contributed by atoms with Crippen LogP contribution in [0.4, 0.5) is 5.69 Å². The molecule has 0 saturated carbocycles. The van der Waals surface area contributed by atoms with Crippen molar-refractivity contribution in [3.8, 4) is 5.75 Å². The van der Waals surface area contributed by atoms with Crippen molar-refractivity contribution in [1.29, 1.82) is 0 Å². The molecule has 0 heterocycles. The first-order chi connectivity index (χ1) is 19.5. The molecule has 2 atom stereocenters. The normalized spacial score (nSPS) is 12.7. The Labute approximate surface area is 248 Å². The van der Waals surface area contributed by atoms with Crippen LogP contribution in [0.1, 0.15) is 44.7 Å². The first-order valence-electron chi connectivity index (χ1n) is 13.6. The van der Waals surface area contributed by atoms with Crippen molar-refractivity contribution >= 4 is 39.1 Å². The third-order valence-electron chi connectivity index (χ3n) is 7.01. The molecule has 3 rings (SSSR count). The Bertz CT molecular complexity index is 1450. The number of halogens is 1. The Morgan fingerprint density at radius 3 is 2.24 bits per heavy atom. The lowest BCUT2D eigenvalue weighted by Gasteiger charge is -2.34. The van der Waals surface area contributed by atoms with Crippen LogP contribution >= 0.6 is 11.6 Å². The molecule has 2 amide bonds. The molecule has 2 unspecified atom stereocenters. The van der Waals surface area contributed by atoms with Gasteiger partial charge in [0.1, 0.15) is 18.3 Å². The lowest BCUT2D eigenvalue weighted by Crippen LogP contribution is -2.53. The van der Waals surface area contributed by atoms with Gasteiger partial charge in [0.2, 0.25) is 11.8 Å². The van der Waals surface area contributed by atoms with Gasteiger partial charge in [-0.1, -0.05) is 67.9 Å². The SMILES string of the molecule is CCC(C)NC(=O)C(CC)N(Cc1ccccc1C)C(=O)CN(c1cc(Cl)ccc1OC)S(=O)(=O)c1ccccc1. The molecule has 220 valence electrons. The zero-order chi connectivity index (χ0) is 30.2. The second-order valence-electron chi connectivity index (χ2n) is 9.83. The van der Waals surface area contributed by atoms with Gasteiger partial charge in [-0.05, 0) is 68.1 Å². The van der Waals surface area contributed by atoms with Crippen molar-refractivity contribution in [3.05, 3.63) is 88.9 Å². The van der Waals surface area contributed by atoms with E-state index in [9.17, 15) is 18.0 Å². The fourth-order valence-electron chi connectivity index (χ4n) is 4.42. The summed E-state index contributed by atoms with van der Waals surface area (Å²) >= 11 is 6.29. The van der Waals surface area contributed by atoms with E-state index in [0.717, 1.165) is 21.9 Å². The van der Waals surface area contributed by atoms with Crippen LogP contribution in [-0.2, 0) is 26.2 Å². The van der Waals surface area contributed by atoms with Crippen LogP contribution in [-0.4, -0.2) is 50.9 Å². The summed E-state index contributed by atoms with van der Waals surface area (Å²) in [6.45, 7) is 7.18. The fraction of sp³-hybridized carbons (Fsp3) is 0.355. The van der Waals surface area contributed by atoms with E-state index in [2.05, 4.69) is 5.32 Å². The number of sulfonamides is 1. The highest BCUT2D eigenvalue weighted by Gasteiger charge is 2.35. The van der Waals surface area contributed by atoms with Gasteiger partial charge in [-0.2, -0.15) is 0 Å². The topological polar surface area (TPSA) is 96.0 Å². The molecule has 3 aromatic carbocycles. The van der Waals surface area contributed by atoms with Crippen molar-refractivity contribution in [1.82, 2.24) is 10.2 Å². The molecule has 0 aliphatic rings. The van der Waals surface area contributed by atoms with Crippen molar-refractivity contribution < 1.29 is 22.7 Å². The van der Waals surface area contributed by atoms with Crippen LogP contribution in [0.3, 0.4) is 0 Å². The number of methoxy groups -OCH3 is 1. The average Bonchev–Trinajstić information content (AvgIpc) is 2.96. The highest BCUT2D eigenvalue weighted by molar-refractivity contribution is 7.92. The first-order valence-corrected chi connectivity index (χ1v) is 15.4. The van der Waals surface area contributed by atoms with Crippen molar-refractivity contribution in [2.45, 2.75) is 64.1 Å². The van der Waals surface area contributed by atoms with E-state index >= 15 is 0 Å². The van der Waals surface area contributed by atoms with E-state index < -0.39 is 28.5 Å². The minimum Gasteiger partial charge on any atom is -0.495 e. The molecule has 0 aromatic heterocycles. The van der Waals surface area contributed by atoms with E-state index in [1.54, 1.807) is 30.3 Å². The monoisotopic (exact) mass is 599 g/mol. The molecule has 0 fully saturated rings. The van der Waals surface area contributed by atoms with Crippen LogP contribution in [0, 0.1) is 6.92 Å². The smallest absolute Gasteiger partial charge is 0.264 e. The van der Waals surface area contributed by atoms with Gasteiger partial charge in [0.25, 0.3) is 10.0 Å². The van der Waals surface area contributed by atoms with Crippen LogP contribution in [0.25, 0.3) is 0 Å². The molecule has 3 aromatic rings. The Balaban J connectivity index is 2.13. The Morgan fingerprint density at radius 1 is 0.976 bits per heavy atom. The summed E-state index contributed by atoms with van der Waals surface area (Å²) in [5.41, 5.74) is 1.92. The van der Waals surface area contributed by atoms with Gasteiger partial charge in [-0.15, -0.1) is 0 Å². The number of rotatable bonds is 13. The first kappa shape index (κ1) is 32.0. The van der Waals surface area contributed by atoms with Crippen LogP contribution in [0.15, 0.2) is 77.7 Å². The maximum Gasteiger partial charge on any atom is 0.264 e. The molecule has 8 nitrogen and oxygen atoms in total. The Morgan fingerprint density at radius 2 is 1.63 bits per heavy atom. The molecule has 41 heavy (non-hydrogen) atoms. The zero-order valence-corrected chi connectivity index (χ0v) is 25.7. The second-order valence-corrected chi connectivity index (χ2v) is 12.1. The summed E-state index contributed by atoms with van der Waals surface area (Å²) in [7, 11) is -2.83. The second kappa shape index (κ2) is 14.4. The molecule has 10 heteroatoms. The number of carbonyl (C=O) groups is 2. The van der Waals surface area contributed by atoms with E-state index in [0.29, 0.717) is 6.42 Å². The summed E-state index contributed by atoms with van der Waals surface area (Å²) in [5.74, 6) is -0.601. The average molecular weight is 600 g/mol. The third kappa shape index (κ3) is 7.80. The maximum atomic E-state index is 14.2. The Kier molecular flexibility index (Phi) is 11.2. The Hall–Kier alpha value is -3.56. The lowest BCUT2D eigenvalue weighted by atomic mass is 10.1. The van der Waals surface area contributed by atoms with Crippen LogP contribution < -0.4 is 14.4 Å². The molecular weight excluding hydrogens is 562 g/mol. The van der Waals surface area contributed by atoms with E-state index in [1.165, 1.54) is 30.2 Å². The number of hydrogen-bond acceptors (Lipinski definition) is 5. The minimum atomic E-state index is -4.24. The quantitative estimate of drug-likeness (QED) is 0.277. The van der Waals surface area contributed by atoms with Gasteiger partial charge < -0.3 is 15.0 Å². The number of amides is 2. The van der Waals surface area contributed by atoms with Gasteiger partial charge in [0.15, 0.2) is 0 Å². The molecule has 0 saturated heterocycles. The molecular formula is C31H38ClN3O5S. The molecule has 1 N–H and O–H groups in total. The summed E-state index contributed by atoms with van der Waals surface area (Å²) in [4.78, 5) is 29.1. The van der Waals surface area contributed by atoms with Gasteiger partial charge in [0, 0.05) is 17.6 Å². The van der Waals surface area contributed by atoms with Crippen LogP contribution in [0.5, 0.6) is 5.75 Å². The van der Waals surface area contributed by atoms with Crippen molar-refractivity contribution in [3.63, 3.8) is 0 Å². The minimum absolute atomic E-state index is 0.00170. The summed E-state index contributed by atoms with van der Waals surface area (Å²) in [5, 5.41) is 3.26. The van der Waals surface area contributed by atoms with Crippen molar-refractivity contribution in [2.24, 2.45) is 0 Å². The maximum absolute atomic E-state index is 14.2. The predicted molar refractivity (Wildman–Crippen MR) is 163 cm³/mol. The number of aryl methyl sites for hydroxylation is 1. The molecule has 0 aliphatic carbocycles. The molecule has 0 bridgehead atoms. The number of nitrogens with one attached hydrogen (secondary N) is 1. The van der Waals surface area contributed by atoms with Crippen molar-refractivity contribution in [2.75, 3.05) is 18.0 Å². The van der Waals surface area contributed by atoms with E-state index in [4.69, 9.17) is 16.3 Å².